The Morgan fingerprint density at radius 1 is 1.35 bits per heavy atom. The van der Waals surface area contributed by atoms with Gasteiger partial charge in [0, 0.05) is 25.3 Å². The normalized spacial score (nSPS) is 23.0. The molecule has 0 unspecified atom stereocenters. The second kappa shape index (κ2) is 6.24. The number of nitrogens with one attached hydrogen (secondary N) is 1. The van der Waals surface area contributed by atoms with Gasteiger partial charge in [0.15, 0.2) is 0 Å². The Bertz CT molecular complexity index is 692. The number of sulfonamides is 1. The van der Waals surface area contributed by atoms with E-state index in [1.54, 1.807) is 13.1 Å². The van der Waals surface area contributed by atoms with E-state index in [9.17, 15) is 13.2 Å². The molecule has 1 N–H and O–H groups in total. The molecule has 0 radical (unpaired) electrons. The average molecular weight is 340 g/mol. The molecular weight excluding hydrogens is 316 g/mol. The summed E-state index contributed by atoms with van der Waals surface area (Å²) in [5, 5.41) is 3.03. The molecule has 0 spiro atoms. The third-order valence-corrected chi connectivity index (χ3v) is 6.76. The molecule has 1 aliphatic heterocycles. The molecule has 23 heavy (non-hydrogen) atoms. The van der Waals surface area contributed by atoms with Gasteiger partial charge in [0.05, 0.1) is 11.8 Å². The minimum absolute atomic E-state index is 0.0765. The zero-order chi connectivity index (χ0) is 16.6. The highest BCUT2D eigenvalue weighted by Gasteiger charge is 2.34. The van der Waals surface area contributed by atoms with E-state index in [1.165, 1.54) is 4.31 Å². The minimum atomic E-state index is -3.26. The van der Waals surface area contributed by atoms with Gasteiger partial charge in [0.25, 0.3) is 5.91 Å². The summed E-state index contributed by atoms with van der Waals surface area (Å²) >= 11 is 0. The van der Waals surface area contributed by atoms with E-state index in [4.69, 9.17) is 0 Å². The molecule has 1 atom stereocenters. The molecule has 8 heteroatoms. The predicted molar refractivity (Wildman–Crippen MR) is 86.5 cm³/mol. The Labute approximate surface area is 137 Å². The third kappa shape index (κ3) is 3.14. The highest BCUT2D eigenvalue weighted by atomic mass is 32.2. The van der Waals surface area contributed by atoms with Crippen molar-refractivity contribution >= 4 is 15.9 Å². The zero-order valence-corrected chi connectivity index (χ0v) is 14.5. The van der Waals surface area contributed by atoms with Crippen LogP contribution in [0.1, 0.15) is 61.9 Å². The number of nitrogens with zero attached hydrogens (tertiary/aromatic N) is 3. The molecule has 3 rings (SSSR count). The number of carbonyl (C=O) groups excluding carboxylic acids is 1. The molecule has 1 aromatic rings. The van der Waals surface area contributed by atoms with Crippen LogP contribution < -0.4 is 5.32 Å². The zero-order valence-electron chi connectivity index (χ0n) is 13.7. The number of carbonyl (C=O) groups is 1. The minimum Gasteiger partial charge on any atom is -0.348 e. The molecule has 1 aromatic heterocycles. The van der Waals surface area contributed by atoms with Gasteiger partial charge < -0.3 is 9.88 Å². The van der Waals surface area contributed by atoms with E-state index in [2.05, 4.69) is 10.3 Å². The summed E-state index contributed by atoms with van der Waals surface area (Å²) in [6.45, 7) is 4.42. The van der Waals surface area contributed by atoms with E-state index in [1.807, 2.05) is 11.5 Å². The van der Waals surface area contributed by atoms with Gasteiger partial charge in [-0.25, -0.2) is 13.4 Å². The van der Waals surface area contributed by atoms with Gasteiger partial charge in [-0.3, -0.25) is 4.79 Å². The van der Waals surface area contributed by atoms with Crippen LogP contribution >= 0.6 is 0 Å². The van der Waals surface area contributed by atoms with Gasteiger partial charge in [0.1, 0.15) is 11.5 Å². The fourth-order valence-corrected chi connectivity index (χ4v) is 4.72. The molecule has 1 amide bonds. The highest BCUT2D eigenvalue weighted by Crippen LogP contribution is 2.27. The second-order valence-corrected chi connectivity index (χ2v) is 8.53. The molecule has 1 saturated carbocycles. The molecule has 2 heterocycles. The quantitative estimate of drug-likeness (QED) is 0.895. The van der Waals surface area contributed by atoms with E-state index in [0.29, 0.717) is 24.6 Å². The van der Waals surface area contributed by atoms with E-state index < -0.39 is 10.0 Å². The summed E-state index contributed by atoms with van der Waals surface area (Å²) in [7, 11) is -3.26. The number of aromatic nitrogens is 2. The van der Waals surface area contributed by atoms with Crippen molar-refractivity contribution < 1.29 is 13.2 Å². The first-order chi connectivity index (χ1) is 10.9. The SMILES string of the molecule is CCS(=O)(=O)N1CCn2cc(C(=O)NC3CCCC3)nc2[C@H]1C. The first-order valence-electron chi connectivity index (χ1n) is 8.30. The number of imidazole rings is 1. The lowest BCUT2D eigenvalue weighted by molar-refractivity contribution is 0.0933. The van der Waals surface area contributed by atoms with Crippen LogP contribution in [0, 0.1) is 0 Å². The van der Waals surface area contributed by atoms with Crippen LogP contribution in [0.5, 0.6) is 0 Å². The van der Waals surface area contributed by atoms with Gasteiger partial charge in [-0.2, -0.15) is 4.31 Å². The van der Waals surface area contributed by atoms with Crippen LogP contribution in [0.2, 0.25) is 0 Å². The average Bonchev–Trinajstić information content (AvgIpc) is 3.16. The lowest BCUT2D eigenvalue weighted by Gasteiger charge is -2.32. The van der Waals surface area contributed by atoms with Crippen LogP contribution in [-0.4, -0.2) is 46.5 Å². The Hall–Kier alpha value is -1.41. The van der Waals surface area contributed by atoms with Crippen molar-refractivity contribution in [3.05, 3.63) is 17.7 Å². The molecule has 7 nitrogen and oxygen atoms in total. The van der Waals surface area contributed by atoms with Crippen molar-refractivity contribution in [2.24, 2.45) is 0 Å². The first kappa shape index (κ1) is 16.4. The maximum atomic E-state index is 12.3. The van der Waals surface area contributed by atoms with Crippen molar-refractivity contribution in [3.8, 4) is 0 Å². The standard InChI is InChI=1S/C15H24N4O3S/c1-3-23(21,22)19-9-8-18-10-13(17-14(18)11(19)2)15(20)16-12-6-4-5-7-12/h10-12H,3-9H2,1-2H3,(H,16,20)/t11-/m1/s1. The highest BCUT2D eigenvalue weighted by molar-refractivity contribution is 7.89. The van der Waals surface area contributed by atoms with Gasteiger partial charge in [0.2, 0.25) is 10.0 Å². The van der Waals surface area contributed by atoms with Crippen molar-refractivity contribution in [1.29, 1.82) is 0 Å². The monoisotopic (exact) mass is 340 g/mol. The van der Waals surface area contributed by atoms with Crippen LogP contribution in [0.15, 0.2) is 6.20 Å². The summed E-state index contributed by atoms with van der Waals surface area (Å²) in [4.78, 5) is 16.8. The van der Waals surface area contributed by atoms with Gasteiger partial charge >= 0.3 is 0 Å². The van der Waals surface area contributed by atoms with E-state index in [-0.39, 0.29) is 23.7 Å². The van der Waals surface area contributed by atoms with Crippen LogP contribution in [-0.2, 0) is 16.6 Å². The van der Waals surface area contributed by atoms with Crippen molar-refractivity contribution in [2.45, 2.75) is 58.2 Å². The Balaban J connectivity index is 1.78. The number of rotatable bonds is 4. The summed E-state index contributed by atoms with van der Waals surface area (Å²) in [5.74, 6) is 0.563. The maximum Gasteiger partial charge on any atom is 0.271 e. The number of amides is 1. The van der Waals surface area contributed by atoms with E-state index >= 15 is 0 Å². The lowest BCUT2D eigenvalue weighted by Crippen LogP contribution is -2.41. The second-order valence-electron chi connectivity index (χ2n) is 6.32. The molecule has 1 fully saturated rings. The first-order valence-corrected chi connectivity index (χ1v) is 9.90. The molecule has 2 aliphatic rings. The summed E-state index contributed by atoms with van der Waals surface area (Å²) in [5.41, 5.74) is 0.384. The molecule has 128 valence electrons. The third-order valence-electron chi connectivity index (χ3n) is 4.82. The summed E-state index contributed by atoms with van der Waals surface area (Å²) < 4.78 is 27.7. The van der Waals surface area contributed by atoms with E-state index in [0.717, 1.165) is 25.7 Å². The molecular formula is C15H24N4O3S. The number of fused-ring (bicyclic) bond motifs is 1. The Morgan fingerprint density at radius 3 is 2.70 bits per heavy atom. The summed E-state index contributed by atoms with van der Waals surface area (Å²) in [6, 6.07) is -0.0997. The van der Waals surface area contributed by atoms with Crippen LogP contribution in [0.3, 0.4) is 0 Å². The van der Waals surface area contributed by atoms with Crippen LogP contribution in [0.25, 0.3) is 0 Å². The van der Waals surface area contributed by atoms with Gasteiger partial charge in [-0.05, 0) is 26.7 Å². The molecule has 0 aromatic carbocycles. The van der Waals surface area contributed by atoms with Crippen molar-refractivity contribution in [3.63, 3.8) is 0 Å². The van der Waals surface area contributed by atoms with Crippen molar-refractivity contribution in [2.75, 3.05) is 12.3 Å². The largest absolute Gasteiger partial charge is 0.348 e. The fraction of sp³-hybridized carbons (Fsp3) is 0.733. The van der Waals surface area contributed by atoms with Crippen molar-refractivity contribution in [1.82, 2.24) is 19.2 Å². The number of hydrogen-bond acceptors (Lipinski definition) is 4. The summed E-state index contributed by atoms with van der Waals surface area (Å²) in [6.07, 6.45) is 6.11. The lowest BCUT2D eigenvalue weighted by atomic mass is 10.2. The fourth-order valence-electron chi connectivity index (χ4n) is 3.46. The van der Waals surface area contributed by atoms with Crippen LogP contribution in [0.4, 0.5) is 0 Å². The Kier molecular flexibility index (Phi) is 4.46. The number of hydrogen-bond donors (Lipinski definition) is 1. The van der Waals surface area contributed by atoms with Gasteiger partial charge in [-0.1, -0.05) is 12.8 Å². The maximum absolute atomic E-state index is 12.3. The van der Waals surface area contributed by atoms with Gasteiger partial charge in [-0.15, -0.1) is 0 Å². The molecule has 0 saturated heterocycles. The predicted octanol–water partition coefficient (Wildman–Crippen LogP) is 1.28. The smallest absolute Gasteiger partial charge is 0.271 e. The molecule has 1 aliphatic carbocycles. The topological polar surface area (TPSA) is 84.3 Å². The molecule has 0 bridgehead atoms. The Morgan fingerprint density at radius 2 is 2.04 bits per heavy atom.